The first-order valence-corrected chi connectivity index (χ1v) is 8.04. The Morgan fingerprint density at radius 1 is 1.50 bits per heavy atom. The third-order valence-corrected chi connectivity index (χ3v) is 4.99. The number of nitrogens with zero attached hydrogens (tertiary/aromatic N) is 2. The Kier molecular flexibility index (Phi) is 4.86. The summed E-state index contributed by atoms with van der Waals surface area (Å²) in [6, 6.07) is 0.193. The number of aromatic nitrogens is 2. The Labute approximate surface area is 122 Å². The van der Waals surface area contributed by atoms with E-state index in [1.165, 1.54) is 0 Å². The van der Waals surface area contributed by atoms with Gasteiger partial charge in [0.1, 0.15) is 0 Å². The van der Waals surface area contributed by atoms with E-state index in [2.05, 4.69) is 4.98 Å². The Morgan fingerprint density at radius 2 is 2.25 bits per heavy atom. The largest absolute Gasteiger partial charge is 0.481 e. The predicted octanol–water partition coefficient (Wildman–Crippen LogP) is 1.95. The second kappa shape index (κ2) is 6.43. The summed E-state index contributed by atoms with van der Waals surface area (Å²) in [5.41, 5.74) is 2.25. The molecule has 1 N–H and O–H groups in total. The Bertz CT molecular complexity index is 562. The smallest absolute Gasteiger partial charge is 0.348 e. The molecule has 1 aliphatic heterocycles. The van der Waals surface area contributed by atoms with Crippen LogP contribution in [0.2, 0.25) is 0 Å². The maximum Gasteiger partial charge on any atom is 0.348 e. The van der Waals surface area contributed by atoms with Crippen molar-refractivity contribution in [1.82, 2.24) is 9.55 Å². The van der Waals surface area contributed by atoms with Gasteiger partial charge in [0.2, 0.25) is 0 Å². The van der Waals surface area contributed by atoms with Gasteiger partial charge in [0, 0.05) is 29.6 Å². The molecule has 1 aromatic rings. The molecular weight excluding hydrogens is 276 g/mol. The lowest BCUT2D eigenvalue weighted by molar-refractivity contribution is -0.136. The third kappa shape index (κ3) is 3.23. The monoisotopic (exact) mass is 296 g/mol. The average molecular weight is 296 g/mol. The van der Waals surface area contributed by atoms with Crippen molar-refractivity contribution in [2.45, 2.75) is 45.6 Å². The van der Waals surface area contributed by atoms with Gasteiger partial charge in [-0.3, -0.25) is 9.36 Å². The second-order valence-corrected chi connectivity index (χ2v) is 6.33. The number of carboxylic acid groups (broad SMARTS) is 1. The highest BCUT2D eigenvalue weighted by molar-refractivity contribution is 7.99. The molecule has 1 saturated heterocycles. The van der Waals surface area contributed by atoms with Gasteiger partial charge in [-0.2, -0.15) is 16.7 Å². The van der Waals surface area contributed by atoms with E-state index in [1.54, 1.807) is 11.5 Å². The van der Waals surface area contributed by atoms with Crippen molar-refractivity contribution in [3.8, 4) is 0 Å². The Hall–Kier alpha value is -1.30. The van der Waals surface area contributed by atoms with E-state index in [0.29, 0.717) is 12.1 Å². The summed E-state index contributed by atoms with van der Waals surface area (Å²) in [4.78, 5) is 27.0. The molecule has 6 heteroatoms. The Morgan fingerprint density at radius 3 is 2.85 bits per heavy atom. The molecule has 2 heterocycles. The highest BCUT2D eigenvalue weighted by Crippen LogP contribution is 2.27. The molecule has 0 aliphatic carbocycles. The van der Waals surface area contributed by atoms with E-state index in [1.807, 2.05) is 18.7 Å². The first-order valence-electron chi connectivity index (χ1n) is 6.89. The van der Waals surface area contributed by atoms with E-state index in [-0.39, 0.29) is 18.2 Å². The number of hydrogen-bond donors (Lipinski definition) is 1. The highest BCUT2D eigenvalue weighted by Gasteiger charge is 2.21. The molecule has 5 nitrogen and oxygen atoms in total. The zero-order chi connectivity index (χ0) is 14.7. The molecule has 1 aromatic heterocycles. The SMILES string of the molecule is Cc1nc(=O)n(C2CCCSC2)c(C)c1CCC(=O)O. The van der Waals surface area contributed by atoms with Crippen molar-refractivity contribution < 1.29 is 9.90 Å². The number of carboxylic acids is 1. The molecule has 0 aromatic carbocycles. The normalized spacial score (nSPS) is 19.0. The van der Waals surface area contributed by atoms with E-state index in [9.17, 15) is 9.59 Å². The van der Waals surface area contributed by atoms with E-state index in [0.717, 1.165) is 35.6 Å². The fourth-order valence-electron chi connectivity index (χ4n) is 2.77. The maximum atomic E-state index is 12.2. The zero-order valence-corrected chi connectivity index (χ0v) is 12.7. The van der Waals surface area contributed by atoms with Gasteiger partial charge in [0.15, 0.2) is 0 Å². The molecule has 0 saturated carbocycles. The standard InChI is InChI=1S/C14H20N2O3S/c1-9-12(5-6-13(17)18)10(2)16(14(19)15-9)11-4-3-7-20-8-11/h11H,3-8H2,1-2H3,(H,17,18). The van der Waals surface area contributed by atoms with Crippen molar-refractivity contribution in [1.29, 1.82) is 0 Å². The summed E-state index contributed by atoms with van der Waals surface area (Å²) in [6.45, 7) is 3.69. The molecule has 2 rings (SSSR count). The minimum absolute atomic E-state index is 0.0704. The molecule has 0 amide bonds. The van der Waals surface area contributed by atoms with Gasteiger partial charge in [-0.1, -0.05) is 0 Å². The molecule has 1 fully saturated rings. The van der Waals surface area contributed by atoms with Crippen LogP contribution in [0.3, 0.4) is 0 Å². The van der Waals surface area contributed by atoms with Gasteiger partial charge in [0.25, 0.3) is 0 Å². The van der Waals surface area contributed by atoms with Gasteiger partial charge in [-0.15, -0.1) is 0 Å². The summed E-state index contributed by atoms with van der Waals surface area (Å²) < 4.78 is 1.77. The minimum atomic E-state index is -0.824. The van der Waals surface area contributed by atoms with E-state index in [4.69, 9.17) is 5.11 Å². The number of aryl methyl sites for hydroxylation is 1. The van der Waals surface area contributed by atoms with Crippen LogP contribution in [0.25, 0.3) is 0 Å². The summed E-state index contributed by atoms with van der Waals surface area (Å²) >= 11 is 1.86. The van der Waals surface area contributed by atoms with Crippen LogP contribution in [0.4, 0.5) is 0 Å². The van der Waals surface area contributed by atoms with Gasteiger partial charge in [-0.05, 0) is 44.4 Å². The fraction of sp³-hybridized carbons (Fsp3) is 0.643. The lowest BCUT2D eigenvalue weighted by Crippen LogP contribution is -2.33. The van der Waals surface area contributed by atoms with Crippen LogP contribution in [-0.2, 0) is 11.2 Å². The first kappa shape index (κ1) is 15.1. The number of thioether (sulfide) groups is 1. The lowest BCUT2D eigenvalue weighted by Gasteiger charge is -2.26. The summed E-state index contributed by atoms with van der Waals surface area (Å²) in [7, 11) is 0. The van der Waals surface area contributed by atoms with Crippen LogP contribution in [0.15, 0.2) is 4.79 Å². The van der Waals surface area contributed by atoms with Gasteiger partial charge in [-0.25, -0.2) is 4.79 Å². The average Bonchev–Trinajstić information content (AvgIpc) is 2.38. The van der Waals surface area contributed by atoms with Crippen molar-refractivity contribution in [3.05, 3.63) is 27.4 Å². The molecular formula is C14H20N2O3S. The molecule has 110 valence electrons. The summed E-state index contributed by atoms with van der Waals surface area (Å²) in [5, 5.41) is 8.84. The Balaban J connectivity index is 2.38. The summed E-state index contributed by atoms with van der Waals surface area (Å²) in [6.07, 6.45) is 2.61. The van der Waals surface area contributed by atoms with Crippen LogP contribution in [-0.4, -0.2) is 32.1 Å². The van der Waals surface area contributed by atoms with Crippen molar-refractivity contribution >= 4 is 17.7 Å². The first-order chi connectivity index (χ1) is 9.50. The van der Waals surface area contributed by atoms with Gasteiger partial charge in [0.05, 0.1) is 0 Å². The topological polar surface area (TPSA) is 72.2 Å². The molecule has 0 spiro atoms. The van der Waals surface area contributed by atoms with Crippen LogP contribution < -0.4 is 5.69 Å². The molecule has 0 bridgehead atoms. The molecule has 1 atom stereocenters. The number of carbonyl (C=O) groups is 1. The van der Waals surface area contributed by atoms with Crippen LogP contribution >= 0.6 is 11.8 Å². The van der Waals surface area contributed by atoms with E-state index >= 15 is 0 Å². The zero-order valence-electron chi connectivity index (χ0n) is 11.9. The molecule has 1 unspecified atom stereocenters. The lowest BCUT2D eigenvalue weighted by atomic mass is 10.0. The minimum Gasteiger partial charge on any atom is -0.481 e. The number of aliphatic carboxylic acids is 1. The molecule has 0 radical (unpaired) electrons. The number of hydrogen-bond acceptors (Lipinski definition) is 4. The molecule has 20 heavy (non-hydrogen) atoms. The molecule has 1 aliphatic rings. The van der Waals surface area contributed by atoms with Crippen molar-refractivity contribution in [3.63, 3.8) is 0 Å². The van der Waals surface area contributed by atoms with E-state index < -0.39 is 5.97 Å². The van der Waals surface area contributed by atoms with Crippen LogP contribution in [0.5, 0.6) is 0 Å². The quantitative estimate of drug-likeness (QED) is 0.919. The van der Waals surface area contributed by atoms with Crippen molar-refractivity contribution in [2.24, 2.45) is 0 Å². The van der Waals surface area contributed by atoms with Crippen LogP contribution in [0, 0.1) is 13.8 Å². The van der Waals surface area contributed by atoms with Gasteiger partial charge < -0.3 is 5.11 Å². The summed E-state index contributed by atoms with van der Waals surface area (Å²) in [5.74, 6) is 1.26. The second-order valence-electron chi connectivity index (χ2n) is 5.18. The van der Waals surface area contributed by atoms with Gasteiger partial charge >= 0.3 is 11.7 Å². The van der Waals surface area contributed by atoms with Crippen molar-refractivity contribution in [2.75, 3.05) is 11.5 Å². The highest BCUT2D eigenvalue weighted by atomic mass is 32.2. The maximum absolute atomic E-state index is 12.2. The number of rotatable bonds is 4. The van der Waals surface area contributed by atoms with Crippen LogP contribution in [0.1, 0.15) is 42.3 Å². The third-order valence-electron chi connectivity index (χ3n) is 3.79. The predicted molar refractivity (Wildman–Crippen MR) is 79.5 cm³/mol. The fourth-order valence-corrected chi connectivity index (χ4v) is 3.89.